The van der Waals surface area contributed by atoms with Crippen molar-refractivity contribution in [2.45, 2.75) is 44.5 Å². The molecule has 0 bridgehead atoms. The van der Waals surface area contributed by atoms with Gasteiger partial charge in [0.25, 0.3) is 0 Å². The summed E-state index contributed by atoms with van der Waals surface area (Å²) < 4.78 is 17.4. The summed E-state index contributed by atoms with van der Waals surface area (Å²) in [6.07, 6.45) is 1.29. The Morgan fingerprint density at radius 2 is 2.13 bits per heavy atom. The van der Waals surface area contributed by atoms with Crippen LogP contribution >= 0.6 is 26.2 Å². The van der Waals surface area contributed by atoms with Gasteiger partial charge >= 0.3 is 0 Å². The SMILES string of the molecule is C[B][C@@H]1O[C@H](CC)[C@H](OPC)C1OPP. The van der Waals surface area contributed by atoms with Gasteiger partial charge in [-0.15, -0.1) is 0 Å². The maximum atomic E-state index is 5.88. The Morgan fingerprint density at radius 3 is 2.60 bits per heavy atom. The third kappa shape index (κ3) is 3.60. The molecule has 0 amide bonds. The first kappa shape index (κ1) is 14.3. The summed E-state index contributed by atoms with van der Waals surface area (Å²) in [7, 11) is 5.55. The minimum Gasteiger partial charge on any atom is -0.378 e. The van der Waals surface area contributed by atoms with Crippen molar-refractivity contribution in [3.63, 3.8) is 0 Å². The lowest BCUT2D eigenvalue weighted by atomic mass is 9.72. The van der Waals surface area contributed by atoms with E-state index in [1.165, 1.54) is 0 Å². The van der Waals surface area contributed by atoms with Gasteiger partial charge in [-0.25, -0.2) is 0 Å². The first-order valence-electron chi connectivity index (χ1n) is 5.17. The molecule has 0 aromatic rings. The fourth-order valence-corrected chi connectivity index (χ4v) is 3.30. The second kappa shape index (κ2) is 7.54. The smallest absolute Gasteiger partial charge is 0.149 e. The second-order valence-electron chi connectivity index (χ2n) is 3.37. The van der Waals surface area contributed by atoms with Crippen molar-refractivity contribution in [2.24, 2.45) is 0 Å². The standard InChI is InChI=1S/C8H19BO3P3/c1-4-5-6(11-14-3)7(12-15-13)8(9-2)10-5/h5-8,14-15H,4,13H2,1-3H3/t5-,6+,7?,8-/m1/s1. The van der Waals surface area contributed by atoms with Crippen LogP contribution in [0.1, 0.15) is 13.3 Å². The van der Waals surface area contributed by atoms with Crippen LogP contribution in [-0.2, 0) is 13.8 Å². The molecule has 0 aromatic carbocycles. The topological polar surface area (TPSA) is 27.7 Å². The average Bonchev–Trinajstić information content (AvgIpc) is 2.58. The Morgan fingerprint density at radius 1 is 1.40 bits per heavy atom. The Hall–Kier alpha value is 1.23. The summed E-state index contributed by atoms with van der Waals surface area (Å²) in [5.74, 6) is 0. The highest BCUT2D eigenvalue weighted by Gasteiger charge is 2.44. The van der Waals surface area contributed by atoms with Crippen LogP contribution < -0.4 is 0 Å². The van der Waals surface area contributed by atoms with E-state index in [-0.39, 0.29) is 24.3 Å². The van der Waals surface area contributed by atoms with Crippen LogP contribution in [-0.4, -0.2) is 38.3 Å². The highest BCUT2D eigenvalue weighted by molar-refractivity contribution is 8.00. The lowest BCUT2D eigenvalue weighted by Gasteiger charge is -2.22. The van der Waals surface area contributed by atoms with E-state index in [4.69, 9.17) is 13.8 Å². The summed E-state index contributed by atoms with van der Waals surface area (Å²) in [6.45, 7) is 6.17. The van der Waals surface area contributed by atoms with Crippen molar-refractivity contribution in [3.8, 4) is 0 Å². The highest BCUT2D eigenvalue weighted by Crippen LogP contribution is 2.36. The largest absolute Gasteiger partial charge is 0.378 e. The minimum absolute atomic E-state index is 0.0585. The van der Waals surface area contributed by atoms with Crippen molar-refractivity contribution in [3.05, 3.63) is 0 Å². The first-order chi connectivity index (χ1) is 7.28. The molecule has 87 valence electrons. The second-order valence-corrected chi connectivity index (χ2v) is 5.19. The quantitative estimate of drug-likeness (QED) is 0.545. The van der Waals surface area contributed by atoms with Gasteiger partial charge in [0.1, 0.15) is 19.5 Å². The molecule has 15 heavy (non-hydrogen) atoms. The van der Waals surface area contributed by atoms with Gasteiger partial charge < -0.3 is 13.8 Å². The Labute approximate surface area is 98.8 Å². The molecule has 0 N–H and O–H groups in total. The van der Waals surface area contributed by atoms with E-state index in [1.807, 2.05) is 13.5 Å². The van der Waals surface area contributed by atoms with Crippen LogP contribution in [0.4, 0.5) is 0 Å². The summed E-state index contributed by atoms with van der Waals surface area (Å²) in [4.78, 5) is 0. The van der Waals surface area contributed by atoms with Crippen LogP contribution in [0, 0.1) is 0 Å². The van der Waals surface area contributed by atoms with Crippen LogP contribution in [0.3, 0.4) is 0 Å². The van der Waals surface area contributed by atoms with Gasteiger partial charge in [0, 0.05) is 17.3 Å². The molecule has 0 aromatic heterocycles. The molecule has 4 unspecified atom stereocenters. The van der Waals surface area contributed by atoms with Crippen molar-refractivity contribution in [1.29, 1.82) is 0 Å². The van der Waals surface area contributed by atoms with Gasteiger partial charge in [-0.2, -0.15) is 0 Å². The van der Waals surface area contributed by atoms with Crippen LogP contribution in [0.15, 0.2) is 0 Å². The van der Waals surface area contributed by atoms with E-state index >= 15 is 0 Å². The Bertz CT molecular complexity index is 169. The van der Waals surface area contributed by atoms with Gasteiger partial charge in [0.2, 0.25) is 0 Å². The van der Waals surface area contributed by atoms with E-state index in [0.29, 0.717) is 17.3 Å². The summed E-state index contributed by atoms with van der Waals surface area (Å²) in [6, 6.07) is 0.0735. The highest BCUT2D eigenvalue weighted by atomic mass is 32.0. The van der Waals surface area contributed by atoms with Gasteiger partial charge in [0.05, 0.1) is 12.1 Å². The van der Waals surface area contributed by atoms with Crippen molar-refractivity contribution in [1.82, 2.24) is 0 Å². The zero-order valence-electron chi connectivity index (χ0n) is 9.40. The monoisotopic (exact) mass is 267 g/mol. The number of ether oxygens (including phenoxy) is 1. The van der Waals surface area contributed by atoms with E-state index in [1.54, 1.807) is 0 Å². The van der Waals surface area contributed by atoms with Gasteiger partial charge in [-0.05, 0) is 13.1 Å². The molecule has 0 aliphatic carbocycles. The first-order valence-corrected chi connectivity index (χ1v) is 9.29. The molecular weight excluding hydrogens is 248 g/mol. The maximum absolute atomic E-state index is 5.88. The molecular formula is C8H19BO3P3. The lowest BCUT2D eigenvalue weighted by molar-refractivity contribution is 0.0442. The van der Waals surface area contributed by atoms with E-state index in [0.717, 1.165) is 6.42 Å². The Kier molecular flexibility index (Phi) is 7.19. The fourth-order valence-electron chi connectivity index (χ4n) is 1.84. The minimum atomic E-state index is 0.0585. The van der Waals surface area contributed by atoms with Crippen LogP contribution in [0.2, 0.25) is 6.82 Å². The Balaban J connectivity index is 2.65. The molecule has 1 fully saturated rings. The van der Waals surface area contributed by atoms with Gasteiger partial charge in [-0.3, -0.25) is 0 Å². The van der Waals surface area contributed by atoms with Crippen molar-refractivity contribution in [2.75, 3.05) is 6.66 Å². The molecule has 0 spiro atoms. The fraction of sp³-hybridized carbons (Fsp3) is 1.00. The lowest BCUT2D eigenvalue weighted by Crippen LogP contribution is -2.35. The molecule has 1 saturated heterocycles. The average molecular weight is 267 g/mol. The van der Waals surface area contributed by atoms with Crippen molar-refractivity contribution >= 4 is 33.5 Å². The zero-order valence-corrected chi connectivity index (χ0v) is 12.6. The molecule has 1 aliphatic rings. The van der Waals surface area contributed by atoms with E-state index in [9.17, 15) is 0 Å². The summed E-state index contributed by atoms with van der Waals surface area (Å²) in [5.41, 5.74) is 0. The number of hydrogen-bond donors (Lipinski definition) is 0. The molecule has 1 heterocycles. The zero-order chi connectivity index (χ0) is 11.3. The molecule has 1 rings (SSSR count). The summed E-state index contributed by atoms with van der Waals surface area (Å²) in [5, 5.41) is 0. The van der Waals surface area contributed by atoms with E-state index < -0.39 is 0 Å². The van der Waals surface area contributed by atoms with E-state index in [2.05, 4.69) is 23.1 Å². The third-order valence-electron chi connectivity index (χ3n) is 2.53. The summed E-state index contributed by atoms with van der Waals surface area (Å²) >= 11 is 0. The van der Waals surface area contributed by atoms with Gasteiger partial charge in [-0.1, -0.05) is 22.7 Å². The number of rotatable bonds is 6. The molecule has 1 aliphatic heterocycles. The predicted molar refractivity (Wildman–Crippen MR) is 72.6 cm³/mol. The molecule has 7 heteroatoms. The maximum Gasteiger partial charge on any atom is 0.149 e. The molecule has 7 atom stereocenters. The molecule has 0 saturated carbocycles. The van der Waals surface area contributed by atoms with Crippen LogP contribution in [0.25, 0.3) is 0 Å². The predicted octanol–water partition coefficient (Wildman–Crippen LogP) is 2.25. The van der Waals surface area contributed by atoms with Crippen LogP contribution in [0.5, 0.6) is 0 Å². The van der Waals surface area contributed by atoms with Gasteiger partial charge in [0.15, 0.2) is 0 Å². The molecule has 1 radical (unpaired) electrons. The number of hydrogen-bond acceptors (Lipinski definition) is 3. The molecule has 3 nitrogen and oxygen atoms in total. The third-order valence-corrected chi connectivity index (χ3v) is 3.86. The van der Waals surface area contributed by atoms with Crippen molar-refractivity contribution < 1.29 is 13.8 Å². The normalized spacial score (nSPS) is 37.3.